The molecule has 1 saturated heterocycles. The summed E-state index contributed by atoms with van der Waals surface area (Å²) in [4.78, 5) is 2.72. The van der Waals surface area contributed by atoms with E-state index >= 15 is 0 Å². The number of hydrogen-bond donors (Lipinski definition) is 0. The Labute approximate surface area is 178 Å². The van der Waals surface area contributed by atoms with Crippen LogP contribution in [0.4, 0.5) is 0 Å². The Bertz CT molecular complexity index is 901. The van der Waals surface area contributed by atoms with E-state index in [1.807, 2.05) is 24.3 Å². The highest BCUT2D eigenvalue weighted by Gasteiger charge is 2.24. The SMILES string of the molecule is CO[C@@H](CN1CCCC(COc2ccc(S(C)(=O)=O)cc2)C1)c1cccc(Cl)c1. The fraction of sp³-hybridized carbons (Fsp3) is 0.455. The first kappa shape index (κ1) is 22.1. The van der Waals surface area contributed by atoms with Crippen LogP contribution in [-0.2, 0) is 14.6 Å². The monoisotopic (exact) mass is 437 g/mol. The zero-order chi connectivity index (χ0) is 20.9. The van der Waals surface area contributed by atoms with Crippen LogP contribution >= 0.6 is 11.6 Å². The zero-order valence-electron chi connectivity index (χ0n) is 16.9. The molecule has 0 aromatic heterocycles. The van der Waals surface area contributed by atoms with Gasteiger partial charge in [0.15, 0.2) is 9.84 Å². The Hall–Kier alpha value is -1.60. The lowest BCUT2D eigenvalue weighted by Gasteiger charge is -2.34. The number of sulfone groups is 1. The van der Waals surface area contributed by atoms with E-state index in [1.54, 1.807) is 31.4 Å². The van der Waals surface area contributed by atoms with Gasteiger partial charge < -0.3 is 14.4 Å². The highest BCUT2D eigenvalue weighted by atomic mass is 35.5. The molecule has 0 radical (unpaired) electrons. The van der Waals surface area contributed by atoms with Crippen molar-refractivity contribution in [1.29, 1.82) is 0 Å². The molecule has 158 valence electrons. The van der Waals surface area contributed by atoms with Gasteiger partial charge >= 0.3 is 0 Å². The van der Waals surface area contributed by atoms with E-state index in [-0.39, 0.29) is 6.10 Å². The van der Waals surface area contributed by atoms with Gasteiger partial charge in [-0.25, -0.2) is 8.42 Å². The molecule has 2 aromatic rings. The minimum absolute atomic E-state index is 0.0168. The number of benzene rings is 2. The van der Waals surface area contributed by atoms with Crippen molar-refractivity contribution >= 4 is 21.4 Å². The second-order valence-corrected chi connectivity index (χ2v) is 10.1. The molecule has 1 aliphatic rings. The molecular formula is C22H28ClNO4S. The van der Waals surface area contributed by atoms with Crippen molar-refractivity contribution < 1.29 is 17.9 Å². The molecule has 2 atom stereocenters. The fourth-order valence-corrected chi connectivity index (χ4v) is 4.54. The van der Waals surface area contributed by atoms with Crippen molar-refractivity contribution in [2.24, 2.45) is 5.92 Å². The average Bonchev–Trinajstić information content (AvgIpc) is 2.70. The van der Waals surface area contributed by atoms with Gasteiger partial charge in [0, 0.05) is 37.4 Å². The van der Waals surface area contributed by atoms with Crippen LogP contribution in [0.3, 0.4) is 0 Å². The maximum Gasteiger partial charge on any atom is 0.175 e. The van der Waals surface area contributed by atoms with Crippen LogP contribution in [0.2, 0.25) is 5.02 Å². The summed E-state index contributed by atoms with van der Waals surface area (Å²) in [6.07, 6.45) is 3.42. The molecule has 29 heavy (non-hydrogen) atoms. The first-order valence-electron chi connectivity index (χ1n) is 9.78. The van der Waals surface area contributed by atoms with E-state index in [4.69, 9.17) is 21.1 Å². The molecule has 1 aliphatic heterocycles. The number of rotatable bonds is 8. The average molecular weight is 438 g/mol. The van der Waals surface area contributed by atoms with Gasteiger partial charge in [0.2, 0.25) is 0 Å². The van der Waals surface area contributed by atoms with Crippen molar-refractivity contribution in [2.75, 3.05) is 39.6 Å². The highest BCUT2D eigenvalue weighted by molar-refractivity contribution is 7.90. The van der Waals surface area contributed by atoms with Crippen LogP contribution in [0, 0.1) is 5.92 Å². The molecule has 1 fully saturated rings. The fourth-order valence-electron chi connectivity index (χ4n) is 3.71. The quantitative estimate of drug-likeness (QED) is 0.618. The molecular weight excluding hydrogens is 410 g/mol. The summed E-state index contributed by atoms with van der Waals surface area (Å²) in [7, 11) is -1.45. The molecule has 5 nitrogen and oxygen atoms in total. The smallest absolute Gasteiger partial charge is 0.175 e. The first-order valence-corrected chi connectivity index (χ1v) is 12.1. The summed E-state index contributed by atoms with van der Waals surface area (Å²) in [5.41, 5.74) is 1.09. The topological polar surface area (TPSA) is 55.8 Å². The lowest BCUT2D eigenvalue weighted by atomic mass is 9.98. The maximum atomic E-state index is 11.6. The molecule has 0 aliphatic carbocycles. The normalized spacial score (nSPS) is 19.1. The van der Waals surface area contributed by atoms with Gasteiger partial charge in [0.1, 0.15) is 5.75 Å². The van der Waals surface area contributed by atoms with Crippen molar-refractivity contribution in [3.63, 3.8) is 0 Å². The highest BCUT2D eigenvalue weighted by Crippen LogP contribution is 2.25. The Kier molecular flexibility index (Phi) is 7.57. The van der Waals surface area contributed by atoms with Gasteiger partial charge in [0.05, 0.1) is 17.6 Å². The third-order valence-corrected chi connectivity index (χ3v) is 6.63. The predicted octanol–water partition coefficient (Wildman–Crippen LogP) is 4.22. The van der Waals surface area contributed by atoms with Crippen molar-refractivity contribution in [3.05, 3.63) is 59.1 Å². The number of hydrogen-bond acceptors (Lipinski definition) is 5. The van der Waals surface area contributed by atoms with Crippen LogP contribution in [0.25, 0.3) is 0 Å². The maximum absolute atomic E-state index is 11.6. The second kappa shape index (κ2) is 9.94. The van der Waals surface area contributed by atoms with E-state index in [0.717, 1.165) is 43.1 Å². The standard InChI is InChI=1S/C22H28ClNO4S/c1-27-22(18-6-3-7-19(23)13-18)15-24-12-4-5-17(14-24)16-28-20-8-10-21(11-9-20)29(2,25)26/h3,6-11,13,17,22H,4-5,12,14-16H2,1-2H3/t17?,22-/m0/s1. The minimum Gasteiger partial charge on any atom is -0.493 e. The predicted molar refractivity (Wildman–Crippen MR) is 115 cm³/mol. The minimum atomic E-state index is -3.18. The number of piperidine rings is 1. The van der Waals surface area contributed by atoms with Crippen LogP contribution < -0.4 is 4.74 Å². The van der Waals surface area contributed by atoms with Crippen LogP contribution in [0.15, 0.2) is 53.4 Å². The Morgan fingerprint density at radius 1 is 1.21 bits per heavy atom. The summed E-state index contributed by atoms with van der Waals surface area (Å²) in [6.45, 7) is 3.42. The van der Waals surface area contributed by atoms with Crippen molar-refractivity contribution in [1.82, 2.24) is 4.90 Å². The molecule has 2 aromatic carbocycles. The Morgan fingerprint density at radius 2 is 1.97 bits per heavy atom. The number of nitrogens with zero attached hydrogens (tertiary/aromatic N) is 1. The molecule has 7 heteroatoms. The molecule has 0 amide bonds. The first-order chi connectivity index (χ1) is 13.8. The number of likely N-dealkylation sites (tertiary alicyclic amines) is 1. The van der Waals surface area contributed by atoms with Crippen molar-refractivity contribution in [2.45, 2.75) is 23.8 Å². The van der Waals surface area contributed by atoms with E-state index in [0.29, 0.717) is 23.2 Å². The van der Waals surface area contributed by atoms with Gasteiger partial charge in [0.25, 0.3) is 0 Å². The molecule has 3 rings (SSSR count). The number of ether oxygens (including phenoxy) is 2. The van der Waals surface area contributed by atoms with Crippen LogP contribution in [0.5, 0.6) is 5.75 Å². The van der Waals surface area contributed by atoms with Crippen LogP contribution in [0.1, 0.15) is 24.5 Å². The third-order valence-electron chi connectivity index (χ3n) is 5.27. The molecule has 0 N–H and O–H groups in total. The van der Waals surface area contributed by atoms with Crippen LogP contribution in [-0.4, -0.2) is 52.9 Å². The van der Waals surface area contributed by atoms with E-state index in [2.05, 4.69) is 4.90 Å². The third kappa shape index (κ3) is 6.44. The molecule has 0 spiro atoms. The van der Waals surface area contributed by atoms with E-state index in [9.17, 15) is 8.42 Å². The molecule has 1 heterocycles. The van der Waals surface area contributed by atoms with Gasteiger partial charge in [-0.05, 0) is 61.3 Å². The molecule has 0 bridgehead atoms. The van der Waals surface area contributed by atoms with Crippen molar-refractivity contribution in [3.8, 4) is 5.75 Å². The lowest BCUT2D eigenvalue weighted by Crippen LogP contribution is -2.40. The summed E-state index contributed by atoms with van der Waals surface area (Å²) >= 11 is 6.13. The summed E-state index contributed by atoms with van der Waals surface area (Å²) in [6, 6.07) is 14.4. The van der Waals surface area contributed by atoms with Gasteiger partial charge in [-0.1, -0.05) is 23.7 Å². The Morgan fingerprint density at radius 3 is 2.62 bits per heavy atom. The summed E-state index contributed by atoms with van der Waals surface area (Å²) in [5, 5.41) is 0.719. The number of halogens is 1. The summed E-state index contributed by atoms with van der Waals surface area (Å²) in [5.74, 6) is 1.12. The zero-order valence-corrected chi connectivity index (χ0v) is 18.5. The Balaban J connectivity index is 1.53. The summed E-state index contributed by atoms with van der Waals surface area (Å²) < 4.78 is 34.8. The van der Waals surface area contributed by atoms with Gasteiger partial charge in [-0.2, -0.15) is 0 Å². The molecule has 1 unspecified atom stereocenters. The lowest BCUT2D eigenvalue weighted by molar-refractivity contribution is 0.0410. The van der Waals surface area contributed by atoms with E-state index in [1.165, 1.54) is 6.26 Å². The second-order valence-electron chi connectivity index (χ2n) is 7.60. The van der Waals surface area contributed by atoms with Gasteiger partial charge in [-0.3, -0.25) is 0 Å². The molecule has 0 saturated carbocycles. The van der Waals surface area contributed by atoms with Gasteiger partial charge in [-0.15, -0.1) is 0 Å². The number of methoxy groups -OCH3 is 1. The van der Waals surface area contributed by atoms with E-state index < -0.39 is 9.84 Å². The largest absolute Gasteiger partial charge is 0.493 e.